The van der Waals surface area contributed by atoms with Gasteiger partial charge in [-0.3, -0.25) is 4.68 Å². The summed E-state index contributed by atoms with van der Waals surface area (Å²) < 4.78 is 4.50. The minimum absolute atomic E-state index is 0.965. The van der Waals surface area contributed by atoms with Crippen molar-refractivity contribution in [2.24, 2.45) is 0 Å². The molecule has 0 fully saturated rings. The Labute approximate surface area is 168 Å². The molecule has 0 spiro atoms. The molecule has 2 nitrogen and oxygen atoms in total. The lowest BCUT2D eigenvalue weighted by atomic mass is 10.0. The number of aryl methyl sites for hydroxylation is 1. The fraction of sp³-hybridized carbons (Fsp3) is 0.120. The third-order valence-corrected chi connectivity index (χ3v) is 6.69. The second-order valence-electron chi connectivity index (χ2n) is 7.13. The monoisotopic (exact) mass is 382 g/mol. The van der Waals surface area contributed by atoms with Crippen LogP contribution in [0.1, 0.15) is 25.1 Å². The van der Waals surface area contributed by atoms with E-state index in [9.17, 15) is 0 Å². The highest BCUT2D eigenvalue weighted by atomic mass is 32.1. The van der Waals surface area contributed by atoms with Crippen molar-refractivity contribution in [2.75, 3.05) is 5.84 Å². The average Bonchev–Trinajstić information content (AvgIpc) is 3.23. The van der Waals surface area contributed by atoms with Crippen molar-refractivity contribution in [2.45, 2.75) is 20.3 Å². The molecule has 5 aromatic rings. The Morgan fingerprint density at radius 3 is 2.46 bits per heavy atom. The fourth-order valence-electron chi connectivity index (χ4n) is 4.19. The lowest BCUT2D eigenvalue weighted by Crippen LogP contribution is -2.09. The Morgan fingerprint density at radius 2 is 1.64 bits per heavy atom. The molecular weight excluding hydrogens is 360 g/mol. The largest absolute Gasteiger partial charge is 0.339 e. The second-order valence-corrected chi connectivity index (χ2v) is 8.21. The molecule has 5 rings (SSSR count). The van der Waals surface area contributed by atoms with Gasteiger partial charge in [0.1, 0.15) is 0 Å². The van der Waals surface area contributed by atoms with E-state index in [-0.39, 0.29) is 0 Å². The van der Waals surface area contributed by atoms with Crippen LogP contribution in [0.25, 0.3) is 48.3 Å². The number of fused-ring (bicyclic) bond motifs is 4. The summed E-state index contributed by atoms with van der Waals surface area (Å²) in [5.74, 6) is 6.46. The van der Waals surface area contributed by atoms with Gasteiger partial charge in [0.25, 0.3) is 0 Å². The van der Waals surface area contributed by atoms with Gasteiger partial charge in [-0.05, 0) is 60.4 Å². The van der Waals surface area contributed by atoms with Crippen LogP contribution < -0.4 is 5.84 Å². The zero-order chi connectivity index (χ0) is 19.3. The van der Waals surface area contributed by atoms with Gasteiger partial charge >= 0.3 is 0 Å². The molecule has 0 aliphatic heterocycles. The summed E-state index contributed by atoms with van der Waals surface area (Å²) in [5.41, 5.74) is 5.91. The zero-order valence-corrected chi connectivity index (χ0v) is 16.9. The highest BCUT2D eigenvalue weighted by molar-refractivity contribution is 7.25. The quantitative estimate of drug-likeness (QED) is 0.335. The molecule has 0 aliphatic carbocycles. The number of allylic oxidation sites excluding steroid dienone is 1. The van der Waals surface area contributed by atoms with E-state index in [0.717, 1.165) is 17.6 Å². The van der Waals surface area contributed by atoms with Crippen molar-refractivity contribution in [3.63, 3.8) is 0 Å². The minimum Gasteiger partial charge on any atom is -0.339 e. The fourth-order valence-corrected chi connectivity index (χ4v) is 5.28. The molecule has 28 heavy (non-hydrogen) atoms. The first kappa shape index (κ1) is 17.1. The SMILES string of the molecule is C/C=C\c1c(CC)c2ccc(-c3ccc4sc5ccccc5c4c3)cc2n1N. The molecule has 3 aromatic carbocycles. The summed E-state index contributed by atoms with van der Waals surface area (Å²) in [6, 6.07) is 22.1. The minimum atomic E-state index is 0.965. The van der Waals surface area contributed by atoms with Crippen LogP contribution in [0.5, 0.6) is 0 Å². The highest BCUT2D eigenvalue weighted by Crippen LogP contribution is 2.37. The molecule has 0 bridgehead atoms. The van der Waals surface area contributed by atoms with Crippen molar-refractivity contribution in [3.05, 3.63) is 78.0 Å². The van der Waals surface area contributed by atoms with Crippen LogP contribution in [0, 0.1) is 0 Å². The molecule has 0 saturated heterocycles. The first-order valence-electron chi connectivity index (χ1n) is 9.68. The van der Waals surface area contributed by atoms with Crippen LogP contribution in [0.2, 0.25) is 0 Å². The first-order valence-corrected chi connectivity index (χ1v) is 10.5. The van der Waals surface area contributed by atoms with Gasteiger partial charge in [0.05, 0.1) is 11.2 Å². The van der Waals surface area contributed by atoms with E-state index >= 15 is 0 Å². The highest BCUT2D eigenvalue weighted by Gasteiger charge is 2.14. The van der Waals surface area contributed by atoms with E-state index in [1.54, 1.807) is 0 Å². The molecule has 0 radical (unpaired) electrons. The lowest BCUT2D eigenvalue weighted by Gasteiger charge is -2.05. The van der Waals surface area contributed by atoms with Crippen molar-refractivity contribution in [3.8, 4) is 11.1 Å². The van der Waals surface area contributed by atoms with Gasteiger partial charge in [-0.1, -0.05) is 49.4 Å². The molecule has 2 heterocycles. The summed E-state index contributed by atoms with van der Waals surface area (Å²) in [5, 5.41) is 3.89. The van der Waals surface area contributed by atoms with E-state index < -0.39 is 0 Å². The van der Waals surface area contributed by atoms with Gasteiger partial charge < -0.3 is 5.84 Å². The Hall–Kier alpha value is -3.04. The molecule has 2 aromatic heterocycles. The number of rotatable bonds is 3. The number of aromatic nitrogens is 1. The first-order chi connectivity index (χ1) is 13.7. The van der Waals surface area contributed by atoms with Crippen molar-refractivity contribution >= 4 is 48.5 Å². The number of hydrogen-bond donors (Lipinski definition) is 1. The van der Waals surface area contributed by atoms with Crippen molar-refractivity contribution < 1.29 is 0 Å². The molecule has 0 saturated carbocycles. The molecule has 0 atom stereocenters. The second kappa shape index (κ2) is 6.54. The molecule has 0 aliphatic rings. The number of benzene rings is 3. The van der Waals surface area contributed by atoms with E-state index in [0.29, 0.717) is 0 Å². The third kappa shape index (κ3) is 2.47. The number of nitrogens with zero attached hydrogens (tertiary/aromatic N) is 1. The summed E-state index contributed by atoms with van der Waals surface area (Å²) in [6.45, 7) is 4.22. The molecule has 0 amide bonds. The molecule has 0 unspecified atom stereocenters. The average molecular weight is 383 g/mol. The van der Waals surface area contributed by atoms with E-state index in [4.69, 9.17) is 5.84 Å². The van der Waals surface area contributed by atoms with Crippen LogP contribution >= 0.6 is 11.3 Å². The summed E-state index contributed by atoms with van der Waals surface area (Å²) in [4.78, 5) is 0. The predicted molar refractivity (Wildman–Crippen MR) is 124 cm³/mol. The van der Waals surface area contributed by atoms with Crippen molar-refractivity contribution in [1.82, 2.24) is 4.68 Å². The van der Waals surface area contributed by atoms with Gasteiger partial charge in [0.2, 0.25) is 0 Å². The normalized spacial score (nSPS) is 12.1. The zero-order valence-electron chi connectivity index (χ0n) is 16.1. The summed E-state index contributed by atoms with van der Waals surface area (Å²) in [7, 11) is 0. The van der Waals surface area contributed by atoms with Crippen LogP contribution in [0.3, 0.4) is 0 Å². The molecule has 3 heteroatoms. The maximum atomic E-state index is 6.46. The summed E-state index contributed by atoms with van der Waals surface area (Å²) in [6.07, 6.45) is 5.11. The number of nitrogen functional groups attached to an aromatic ring is 1. The van der Waals surface area contributed by atoms with E-state index in [1.807, 2.05) is 29.0 Å². The number of hydrogen-bond acceptors (Lipinski definition) is 2. The van der Waals surface area contributed by atoms with Crippen LogP contribution in [-0.4, -0.2) is 4.68 Å². The maximum absolute atomic E-state index is 6.46. The van der Waals surface area contributed by atoms with Crippen LogP contribution in [0.15, 0.2) is 66.7 Å². The molecule has 2 N–H and O–H groups in total. The topological polar surface area (TPSA) is 30.9 Å². The van der Waals surface area contributed by atoms with Gasteiger partial charge in [0.15, 0.2) is 0 Å². The maximum Gasteiger partial charge on any atom is 0.0706 e. The third-order valence-electron chi connectivity index (χ3n) is 5.54. The summed E-state index contributed by atoms with van der Waals surface area (Å²) >= 11 is 1.85. The van der Waals surface area contributed by atoms with E-state index in [1.165, 1.54) is 42.2 Å². The van der Waals surface area contributed by atoms with Crippen LogP contribution in [0.4, 0.5) is 0 Å². The lowest BCUT2D eigenvalue weighted by molar-refractivity contribution is 1.02. The molecule has 138 valence electrons. The Balaban J connectivity index is 1.72. The standard InChI is InChI=1S/C25H22N2S/c1-3-7-22-18(4-2)19-12-10-17(15-23(19)27(22)26)16-11-13-25-21(14-16)20-8-5-6-9-24(20)28-25/h3,5-15H,4,26H2,1-2H3/b7-3-. The number of thiophene rings is 1. The Kier molecular flexibility index (Phi) is 3.99. The van der Waals surface area contributed by atoms with Gasteiger partial charge in [-0.2, -0.15) is 0 Å². The van der Waals surface area contributed by atoms with E-state index in [2.05, 4.69) is 73.7 Å². The Morgan fingerprint density at radius 1 is 0.893 bits per heavy atom. The Bertz CT molecular complexity index is 1370. The predicted octanol–water partition coefficient (Wildman–Crippen LogP) is 6.99. The van der Waals surface area contributed by atoms with Gasteiger partial charge in [-0.25, -0.2) is 0 Å². The van der Waals surface area contributed by atoms with Crippen molar-refractivity contribution in [1.29, 1.82) is 0 Å². The number of nitrogens with two attached hydrogens (primary N) is 1. The molecular formula is C25H22N2S. The van der Waals surface area contributed by atoms with Gasteiger partial charge in [0, 0.05) is 25.6 Å². The van der Waals surface area contributed by atoms with Crippen LogP contribution in [-0.2, 0) is 6.42 Å². The smallest absolute Gasteiger partial charge is 0.0706 e. The van der Waals surface area contributed by atoms with Gasteiger partial charge in [-0.15, -0.1) is 11.3 Å².